The zero-order chi connectivity index (χ0) is 21.0. The van der Waals surface area contributed by atoms with Crippen LogP contribution in [0.5, 0.6) is 11.5 Å². The summed E-state index contributed by atoms with van der Waals surface area (Å²) in [5.74, 6) is -0.525. The van der Waals surface area contributed by atoms with Crippen LogP contribution in [0.25, 0.3) is 11.1 Å². The number of alkyl halides is 3. The van der Waals surface area contributed by atoms with Gasteiger partial charge in [0.25, 0.3) is 0 Å². The van der Waals surface area contributed by atoms with Gasteiger partial charge < -0.3 is 9.29 Å². The number of fused-ring (bicyclic) bond motifs is 2. The first-order valence-corrected chi connectivity index (χ1v) is 10.8. The third-order valence-electron chi connectivity index (χ3n) is 5.53. The molecule has 0 amide bonds. The molecule has 1 atom stereocenters. The number of benzene rings is 2. The van der Waals surface area contributed by atoms with Crippen molar-refractivity contribution in [2.75, 3.05) is 13.1 Å². The van der Waals surface area contributed by atoms with Gasteiger partial charge in [0, 0.05) is 23.7 Å². The van der Waals surface area contributed by atoms with Gasteiger partial charge in [0.05, 0.1) is 0 Å². The Morgan fingerprint density at radius 3 is 2.62 bits per heavy atom. The molecule has 9 heteroatoms. The predicted molar refractivity (Wildman–Crippen MR) is 101 cm³/mol. The van der Waals surface area contributed by atoms with Gasteiger partial charge in [0.2, 0.25) is 0 Å². The van der Waals surface area contributed by atoms with Crippen LogP contribution in [0.3, 0.4) is 0 Å². The Morgan fingerprint density at radius 1 is 1.17 bits per heavy atom. The zero-order valence-corrected chi connectivity index (χ0v) is 16.5. The van der Waals surface area contributed by atoms with Crippen molar-refractivity contribution < 1.29 is 30.9 Å². The number of phenolic OH excluding ortho intramolecular Hbond substituents is 1. The van der Waals surface area contributed by atoms with Gasteiger partial charge in [-0.1, -0.05) is 25.1 Å². The fourth-order valence-corrected chi connectivity index (χ4v) is 4.85. The van der Waals surface area contributed by atoms with Gasteiger partial charge in [0.1, 0.15) is 5.75 Å². The Kier molecular flexibility index (Phi) is 4.77. The van der Waals surface area contributed by atoms with E-state index in [1.165, 1.54) is 12.1 Å². The van der Waals surface area contributed by atoms with E-state index in [-0.39, 0.29) is 17.4 Å². The molecule has 0 saturated heterocycles. The van der Waals surface area contributed by atoms with Crippen molar-refractivity contribution in [3.05, 3.63) is 47.0 Å². The van der Waals surface area contributed by atoms with Crippen molar-refractivity contribution in [3.8, 4) is 22.6 Å². The van der Waals surface area contributed by atoms with Crippen LogP contribution < -0.4 is 4.18 Å². The summed E-state index contributed by atoms with van der Waals surface area (Å²) < 4.78 is 66.8. The van der Waals surface area contributed by atoms with Crippen LogP contribution in [0.4, 0.5) is 13.2 Å². The highest BCUT2D eigenvalue weighted by Crippen LogP contribution is 2.52. The van der Waals surface area contributed by atoms with Gasteiger partial charge in [0.15, 0.2) is 5.75 Å². The van der Waals surface area contributed by atoms with Gasteiger partial charge in [-0.3, -0.25) is 4.90 Å². The van der Waals surface area contributed by atoms with E-state index in [0.29, 0.717) is 18.4 Å². The van der Waals surface area contributed by atoms with Crippen LogP contribution in [0.15, 0.2) is 30.3 Å². The van der Waals surface area contributed by atoms with E-state index in [2.05, 4.69) is 16.0 Å². The second-order valence-corrected chi connectivity index (χ2v) is 8.85. The minimum Gasteiger partial charge on any atom is -0.507 e. The SMILES string of the molecule is CCCN1CCc2ccc(OS(=O)(=O)C(F)(F)F)c3c2C1Cc1cccc(O)c1-3. The normalized spacial score (nSPS) is 18.8. The molecule has 29 heavy (non-hydrogen) atoms. The average Bonchev–Trinajstić information content (AvgIpc) is 2.64. The number of aromatic hydroxyl groups is 1. The summed E-state index contributed by atoms with van der Waals surface area (Å²) in [5.41, 5.74) is -2.54. The van der Waals surface area contributed by atoms with Crippen molar-refractivity contribution >= 4 is 10.1 Å². The molecule has 5 nitrogen and oxygen atoms in total. The van der Waals surface area contributed by atoms with E-state index in [1.54, 1.807) is 18.2 Å². The van der Waals surface area contributed by atoms with Crippen molar-refractivity contribution in [3.63, 3.8) is 0 Å². The second-order valence-electron chi connectivity index (χ2n) is 7.31. The molecule has 4 rings (SSSR count). The summed E-state index contributed by atoms with van der Waals surface area (Å²) in [5, 5.41) is 10.5. The van der Waals surface area contributed by atoms with Crippen LogP contribution in [0, 0.1) is 0 Å². The number of hydrogen-bond acceptors (Lipinski definition) is 5. The third-order valence-corrected chi connectivity index (χ3v) is 6.49. The highest BCUT2D eigenvalue weighted by Gasteiger charge is 2.49. The molecule has 2 aromatic rings. The smallest absolute Gasteiger partial charge is 0.507 e. The van der Waals surface area contributed by atoms with Gasteiger partial charge >= 0.3 is 15.6 Å². The molecule has 0 spiro atoms. The molecule has 1 aliphatic heterocycles. The van der Waals surface area contributed by atoms with E-state index in [0.717, 1.165) is 36.2 Å². The predicted octanol–water partition coefficient (Wildman–Crippen LogP) is 4.15. The Morgan fingerprint density at radius 2 is 1.93 bits per heavy atom. The summed E-state index contributed by atoms with van der Waals surface area (Å²) >= 11 is 0. The minimum atomic E-state index is -5.84. The quantitative estimate of drug-likeness (QED) is 0.587. The lowest BCUT2D eigenvalue weighted by molar-refractivity contribution is -0.0499. The molecule has 0 bridgehead atoms. The second kappa shape index (κ2) is 6.91. The van der Waals surface area contributed by atoms with E-state index < -0.39 is 21.4 Å². The first kappa shape index (κ1) is 20.0. The van der Waals surface area contributed by atoms with Gasteiger partial charge in [-0.2, -0.15) is 21.6 Å². The first-order chi connectivity index (χ1) is 13.6. The maximum absolute atomic E-state index is 13.0. The fraction of sp³-hybridized carbons (Fsp3) is 0.400. The first-order valence-electron chi connectivity index (χ1n) is 9.36. The fourth-order valence-electron chi connectivity index (χ4n) is 4.38. The minimum absolute atomic E-state index is 0.111. The van der Waals surface area contributed by atoms with E-state index in [9.17, 15) is 26.7 Å². The van der Waals surface area contributed by atoms with Gasteiger partial charge in [-0.25, -0.2) is 0 Å². The van der Waals surface area contributed by atoms with Crippen LogP contribution in [-0.4, -0.2) is 37.0 Å². The Bertz CT molecular complexity index is 1070. The maximum atomic E-state index is 13.0. The molecular weight excluding hydrogens is 407 g/mol. The molecule has 2 aromatic carbocycles. The number of nitrogens with zero attached hydrogens (tertiary/aromatic N) is 1. The highest BCUT2D eigenvalue weighted by atomic mass is 32.2. The Labute approximate surface area is 166 Å². The van der Waals surface area contributed by atoms with Crippen molar-refractivity contribution in [1.82, 2.24) is 4.90 Å². The third kappa shape index (κ3) is 3.26. The van der Waals surface area contributed by atoms with Crippen molar-refractivity contribution in [1.29, 1.82) is 0 Å². The largest absolute Gasteiger partial charge is 0.534 e. The van der Waals surface area contributed by atoms with E-state index in [1.807, 2.05) is 0 Å². The Hall–Kier alpha value is -2.26. The topological polar surface area (TPSA) is 66.8 Å². The van der Waals surface area contributed by atoms with Crippen molar-refractivity contribution in [2.45, 2.75) is 37.7 Å². The number of phenols is 1. The molecule has 1 aliphatic carbocycles. The Balaban J connectivity index is 1.96. The lowest BCUT2D eigenvalue weighted by atomic mass is 9.76. The van der Waals surface area contributed by atoms with E-state index >= 15 is 0 Å². The molecular formula is C20H20F3NO4S. The highest BCUT2D eigenvalue weighted by molar-refractivity contribution is 7.88. The lowest BCUT2D eigenvalue weighted by Crippen LogP contribution is -2.39. The summed E-state index contributed by atoms with van der Waals surface area (Å²) in [6.07, 6.45) is 2.18. The molecule has 1 heterocycles. The monoisotopic (exact) mass is 427 g/mol. The molecule has 1 unspecified atom stereocenters. The van der Waals surface area contributed by atoms with Crippen LogP contribution in [0.2, 0.25) is 0 Å². The molecule has 1 N–H and O–H groups in total. The molecule has 0 saturated carbocycles. The molecule has 156 valence electrons. The molecule has 2 aliphatic rings. The summed E-state index contributed by atoms with van der Waals surface area (Å²) in [6, 6.07) is 7.68. The van der Waals surface area contributed by atoms with Crippen molar-refractivity contribution in [2.24, 2.45) is 0 Å². The standard InChI is InChI=1S/C20H20F3NO4S/c1-2-9-24-10-8-12-6-7-16(28-29(26,27)20(21,22)23)19-17(12)14(24)11-13-4-3-5-15(25)18(13)19/h3-7,14,25H,2,8-11H2,1H3. The summed E-state index contributed by atoms with van der Waals surface area (Å²) in [4.78, 5) is 2.25. The zero-order valence-electron chi connectivity index (χ0n) is 15.7. The van der Waals surface area contributed by atoms with Crippen LogP contribution in [0.1, 0.15) is 36.1 Å². The number of halogens is 3. The van der Waals surface area contributed by atoms with Crippen LogP contribution in [-0.2, 0) is 23.0 Å². The van der Waals surface area contributed by atoms with E-state index in [4.69, 9.17) is 0 Å². The van der Waals surface area contributed by atoms with Crippen LogP contribution >= 0.6 is 0 Å². The average molecular weight is 427 g/mol. The molecule has 0 radical (unpaired) electrons. The lowest BCUT2D eigenvalue weighted by Gasteiger charge is -2.42. The van der Waals surface area contributed by atoms with Gasteiger partial charge in [-0.05, 0) is 54.6 Å². The van der Waals surface area contributed by atoms with Gasteiger partial charge in [-0.15, -0.1) is 0 Å². The number of rotatable bonds is 4. The summed E-state index contributed by atoms with van der Waals surface area (Å²) in [6.45, 7) is 3.66. The molecule has 0 fully saturated rings. The maximum Gasteiger partial charge on any atom is 0.534 e. The molecule has 0 aromatic heterocycles. The summed E-state index contributed by atoms with van der Waals surface area (Å²) in [7, 11) is -5.84. The number of hydrogen-bond donors (Lipinski definition) is 1.